The number of halogens is 3. The highest BCUT2D eigenvalue weighted by atomic mass is 32.2. The minimum absolute atomic E-state index is 0.111. The second kappa shape index (κ2) is 7.20. The molecule has 0 saturated carbocycles. The molecule has 3 rings (SSSR count). The minimum Gasteiger partial charge on any atom is -0.248 e. The van der Waals surface area contributed by atoms with E-state index < -0.39 is 27.3 Å². The van der Waals surface area contributed by atoms with Gasteiger partial charge < -0.3 is 0 Å². The molecule has 0 aliphatic rings. The van der Waals surface area contributed by atoms with Gasteiger partial charge in [-0.25, -0.2) is 13.4 Å². The standard InChI is InChI=1S/C18H14F3NO2S2/c19-18(20,21)15-8-4-5-13(9-15)11-26(23,24)12-17-22-10-16(25-17)14-6-2-1-3-7-14/h1-10H,11-12H2. The van der Waals surface area contributed by atoms with Crippen LogP contribution in [0, 0.1) is 0 Å². The number of benzene rings is 2. The number of sulfone groups is 1. The average molecular weight is 397 g/mol. The fraction of sp³-hybridized carbons (Fsp3) is 0.167. The van der Waals surface area contributed by atoms with Crippen molar-refractivity contribution in [2.75, 3.05) is 0 Å². The van der Waals surface area contributed by atoms with E-state index >= 15 is 0 Å². The second-order valence-corrected chi connectivity index (χ2v) is 8.89. The molecule has 0 N–H and O–H groups in total. The second-order valence-electron chi connectivity index (χ2n) is 5.71. The van der Waals surface area contributed by atoms with Gasteiger partial charge in [0.1, 0.15) is 10.8 Å². The highest BCUT2D eigenvalue weighted by Gasteiger charge is 2.30. The summed E-state index contributed by atoms with van der Waals surface area (Å²) in [7, 11) is -3.64. The molecule has 3 aromatic rings. The fourth-order valence-corrected chi connectivity index (χ4v) is 5.18. The minimum atomic E-state index is -4.50. The Labute approximate surface area is 153 Å². The molecule has 0 saturated heterocycles. The SMILES string of the molecule is O=S(=O)(Cc1cccc(C(F)(F)F)c1)Cc1ncc(-c2ccccc2)s1. The molecule has 0 spiro atoms. The van der Waals surface area contributed by atoms with Crippen LogP contribution >= 0.6 is 11.3 Å². The van der Waals surface area contributed by atoms with Crippen LogP contribution in [0.5, 0.6) is 0 Å². The van der Waals surface area contributed by atoms with Gasteiger partial charge in [-0.15, -0.1) is 11.3 Å². The number of aromatic nitrogens is 1. The lowest BCUT2D eigenvalue weighted by Crippen LogP contribution is -2.09. The molecule has 0 bridgehead atoms. The summed E-state index contributed by atoms with van der Waals surface area (Å²) >= 11 is 1.26. The molecule has 1 aromatic heterocycles. The molecule has 0 amide bonds. The molecular formula is C18H14F3NO2S2. The molecule has 0 unspecified atom stereocenters. The summed E-state index contributed by atoms with van der Waals surface area (Å²) in [5.41, 5.74) is 0.192. The molecule has 0 atom stereocenters. The summed E-state index contributed by atoms with van der Waals surface area (Å²) in [4.78, 5) is 4.98. The van der Waals surface area contributed by atoms with Crippen LogP contribution in [0.1, 0.15) is 16.1 Å². The van der Waals surface area contributed by atoms with Crippen molar-refractivity contribution in [2.24, 2.45) is 0 Å². The van der Waals surface area contributed by atoms with Crippen LogP contribution in [0.25, 0.3) is 10.4 Å². The van der Waals surface area contributed by atoms with Crippen LogP contribution < -0.4 is 0 Å². The Morgan fingerprint density at radius 1 is 0.962 bits per heavy atom. The van der Waals surface area contributed by atoms with Crippen LogP contribution in [-0.4, -0.2) is 13.4 Å². The Morgan fingerprint density at radius 3 is 2.38 bits per heavy atom. The number of hydrogen-bond donors (Lipinski definition) is 0. The highest BCUT2D eigenvalue weighted by Crippen LogP contribution is 2.30. The van der Waals surface area contributed by atoms with Gasteiger partial charge in [0.2, 0.25) is 0 Å². The average Bonchev–Trinajstić information content (AvgIpc) is 3.02. The van der Waals surface area contributed by atoms with Gasteiger partial charge in [-0.2, -0.15) is 13.2 Å². The van der Waals surface area contributed by atoms with E-state index in [4.69, 9.17) is 0 Å². The van der Waals surface area contributed by atoms with Crippen molar-refractivity contribution >= 4 is 21.2 Å². The molecule has 136 valence electrons. The van der Waals surface area contributed by atoms with Gasteiger partial charge in [0, 0.05) is 6.20 Å². The molecular weight excluding hydrogens is 383 g/mol. The topological polar surface area (TPSA) is 47.0 Å². The third-order valence-corrected chi connectivity index (χ3v) is 6.31. The molecule has 8 heteroatoms. The summed E-state index contributed by atoms with van der Waals surface area (Å²) in [5, 5.41) is 0.413. The Hall–Kier alpha value is -2.19. The fourth-order valence-electron chi connectivity index (χ4n) is 2.44. The number of rotatable bonds is 5. The largest absolute Gasteiger partial charge is 0.416 e. The van der Waals surface area contributed by atoms with Crippen molar-refractivity contribution in [2.45, 2.75) is 17.7 Å². The van der Waals surface area contributed by atoms with Gasteiger partial charge in [0.05, 0.1) is 16.2 Å². The van der Waals surface area contributed by atoms with E-state index in [9.17, 15) is 21.6 Å². The molecule has 26 heavy (non-hydrogen) atoms. The van der Waals surface area contributed by atoms with Crippen molar-refractivity contribution in [3.8, 4) is 10.4 Å². The molecule has 0 aliphatic heterocycles. The number of nitrogens with zero attached hydrogens (tertiary/aromatic N) is 1. The molecule has 0 fully saturated rings. The van der Waals surface area contributed by atoms with Gasteiger partial charge in [-0.05, 0) is 17.2 Å². The van der Waals surface area contributed by atoms with E-state index in [1.54, 1.807) is 6.20 Å². The van der Waals surface area contributed by atoms with E-state index in [1.807, 2.05) is 30.3 Å². The van der Waals surface area contributed by atoms with Gasteiger partial charge in [0.15, 0.2) is 9.84 Å². The van der Waals surface area contributed by atoms with Crippen LogP contribution in [-0.2, 0) is 27.5 Å². The Balaban J connectivity index is 1.75. The van der Waals surface area contributed by atoms with E-state index in [0.29, 0.717) is 5.01 Å². The lowest BCUT2D eigenvalue weighted by Gasteiger charge is -2.08. The maximum atomic E-state index is 12.8. The van der Waals surface area contributed by atoms with Crippen molar-refractivity contribution in [3.63, 3.8) is 0 Å². The number of alkyl halides is 3. The zero-order valence-corrected chi connectivity index (χ0v) is 15.0. The van der Waals surface area contributed by atoms with Crippen molar-refractivity contribution in [3.05, 3.63) is 76.9 Å². The lowest BCUT2D eigenvalue weighted by molar-refractivity contribution is -0.137. The van der Waals surface area contributed by atoms with E-state index in [0.717, 1.165) is 22.6 Å². The summed E-state index contributed by atoms with van der Waals surface area (Å²) in [6.07, 6.45) is -2.89. The quantitative estimate of drug-likeness (QED) is 0.612. The van der Waals surface area contributed by atoms with E-state index in [-0.39, 0.29) is 11.3 Å². The first-order valence-corrected chi connectivity index (χ1v) is 10.2. The summed E-state index contributed by atoms with van der Waals surface area (Å²) < 4.78 is 63.0. The van der Waals surface area contributed by atoms with Crippen molar-refractivity contribution < 1.29 is 21.6 Å². The Kier molecular flexibility index (Phi) is 5.15. The maximum Gasteiger partial charge on any atom is 0.416 e. The first-order valence-electron chi connectivity index (χ1n) is 7.60. The smallest absolute Gasteiger partial charge is 0.248 e. The predicted molar refractivity (Wildman–Crippen MR) is 95.3 cm³/mol. The number of thiazole rings is 1. The van der Waals surface area contributed by atoms with Crippen LogP contribution in [0.3, 0.4) is 0 Å². The monoisotopic (exact) mass is 397 g/mol. The van der Waals surface area contributed by atoms with Crippen LogP contribution in [0.2, 0.25) is 0 Å². The molecule has 0 aliphatic carbocycles. The molecule has 2 aromatic carbocycles. The zero-order valence-electron chi connectivity index (χ0n) is 13.4. The Morgan fingerprint density at radius 2 is 1.69 bits per heavy atom. The first kappa shape index (κ1) is 18.6. The van der Waals surface area contributed by atoms with Crippen molar-refractivity contribution in [1.82, 2.24) is 4.98 Å². The van der Waals surface area contributed by atoms with E-state index in [2.05, 4.69) is 4.98 Å². The van der Waals surface area contributed by atoms with Gasteiger partial charge in [-0.3, -0.25) is 0 Å². The predicted octanol–water partition coefficient (Wildman–Crippen LogP) is 4.94. The van der Waals surface area contributed by atoms with Crippen molar-refractivity contribution in [1.29, 1.82) is 0 Å². The zero-order chi connectivity index (χ0) is 18.8. The van der Waals surface area contributed by atoms with Gasteiger partial charge in [-0.1, -0.05) is 48.5 Å². The third-order valence-electron chi connectivity index (χ3n) is 3.60. The Bertz CT molecular complexity index is 997. The van der Waals surface area contributed by atoms with Crippen LogP contribution in [0.15, 0.2) is 60.8 Å². The molecule has 1 heterocycles. The number of hydrogen-bond acceptors (Lipinski definition) is 4. The van der Waals surface area contributed by atoms with E-state index in [1.165, 1.54) is 23.5 Å². The maximum absolute atomic E-state index is 12.8. The highest BCUT2D eigenvalue weighted by molar-refractivity contribution is 7.90. The molecule has 0 radical (unpaired) electrons. The van der Waals surface area contributed by atoms with Gasteiger partial charge in [0.25, 0.3) is 0 Å². The molecule has 3 nitrogen and oxygen atoms in total. The van der Waals surface area contributed by atoms with Crippen LogP contribution in [0.4, 0.5) is 13.2 Å². The summed E-state index contributed by atoms with van der Waals surface area (Å²) in [6, 6.07) is 13.8. The summed E-state index contributed by atoms with van der Waals surface area (Å²) in [6.45, 7) is 0. The first-order chi connectivity index (χ1) is 12.2. The van der Waals surface area contributed by atoms with Gasteiger partial charge >= 0.3 is 6.18 Å². The normalized spacial score (nSPS) is 12.3. The third kappa shape index (κ3) is 4.70. The summed E-state index contributed by atoms with van der Waals surface area (Å²) in [5.74, 6) is -0.766. The lowest BCUT2D eigenvalue weighted by atomic mass is 10.1.